The lowest BCUT2D eigenvalue weighted by atomic mass is 9.92. The van der Waals surface area contributed by atoms with Crippen LogP contribution in [0.4, 0.5) is 5.69 Å². The van der Waals surface area contributed by atoms with Crippen LogP contribution in [0, 0.1) is 12.8 Å². The Morgan fingerprint density at radius 2 is 1.62 bits per heavy atom. The molecule has 9 heteroatoms. The number of aliphatic hydroxyl groups excluding tert-OH is 1. The number of aromatic hydroxyl groups is 1. The Labute approximate surface area is 215 Å². The molecule has 1 fully saturated rings. The highest BCUT2D eigenvalue weighted by atomic mass is 16.4. The quantitative estimate of drug-likeness (QED) is 0.349. The molecule has 0 aliphatic carbocycles. The summed E-state index contributed by atoms with van der Waals surface area (Å²) >= 11 is 0. The Kier molecular flexibility index (Phi) is 8.35. The molecule has 4 N–H and O–H groups in total. The number of hydrogen-bond acceptors (Lipinski definition) is 7. The van der Waals surface area contributed by atoms with Gasteiger partial charge in [0.25, 0.3) is 5.91 Å². The molecule has 1 aliphatic rings. The second kappa shape index (κ2) is 11.8. The van der Waals surface area contributed by atoms with Gasteiger partial charge in [-0.25, -0.2) is 9.97 Å². The molecular formula is C28H32N4O5. The Hall–Kier alpha value is -3.98. The zero-order valence-electron chi connectivity index (χ0n) is 20.9. The number of carboxylic acid groups (broad SMARTS) is 1. The van der Waals surface area contributed by atoms with Crippen LogP contribution in [0.25, 0.3) is 11.1 Å². The van der Waals surface area contributed by atoms with Crippen molar-refractivity contribution in [1.29, 1.82) is 0 Å². The Balaban J connectivity index is 1.35. The fourth-order valence-electron chi connectivity index (χ4n) is 4.63. The summed E-state index contributed by atoms with van der Waals surface area (Å²) in [5, 5.41) is 30.3. The number of amides is 1. The number of aliphatic carboxylic acids is 1. The van der Waals surface area contributed by atoms with Crippen molar-refractivity contribution in [3.63, 3.8) is 0 Å². The molecule has 0 spiro atoms. The highest BCUT2D eigenvalue weighted by Crippen LogP contribution is 2.29. The van der Waals surface area contributed by atoms with Gasteiger partial charge >= 0.3 is 5.97 Å². The number of anilines is 1. The number of carboxylic acids is 1. The molecule has 3 aromatic rings. The molecule has 1 aliphatic heterocycles. The van der Waals surface area contributed by atoms with E-state index in [9.17, 15) is 14.7 Å². The van der Waals surface area contributed by atoms with Crippen molar-refractivity contribution in [2.45, 2.75) is 32.6 Å². The maximum Gasteiger partial charge on any atom is 0.322 e. The van der Waals surface area contributed by atoms with Crippen LogP contribution < -0.4 is 10.2 Å². The number of aromatic nitrogens is 2. The average molecular weight is 505 g/mol. The summed E-state index contributed by atoms with van der Waals surface area (Å²) < 4.78 is 0. The molecule has 1 amide bonds. The predicted octanol–water partition coefficient (Wildman–Crippen LogP) is 2.97. The molecule has 0 unspecified atom stereocenters. The van der Waals surface area contributed by atoms with Crippen LogP contribution in [0.2, 0.25) is 0 Å². The van der Waals surface area contributed by atoms with E-state index in [-0.39, 0.29) is 18.1 Å². The Morgan fingerprint density at radius 3 is 2.22 bits per heavy atom. The number of carbonyl (C=O) groups excluding carboxylic acids is 1. The highest BCUT2D eigenvalue weighted by molar-refractivity contribution is 5.96. The van der Waals surface area contributed by atoms with Crippen molar-refractivity contribution in [2.24, 2.45) is 5.92 Å². The van der Waals surface area contributed by atoms with Gasteiger partial charge < -0.3 is 25.5 Å². The molecule has 1 saturated heterocycles. The summed E-state index contributed by atoms with van der Waals surface area (Å²) in [5.74, 6) is -1.42. The van der Waals surface area contributed by atoms with E-state index in [4.69, 9.17) is 10.2 Å². The average Bonchev–Trinajstić information content (AvgIpc) is 2.90. The van der Waals surface area contributed by atoms with Crippen molar-refractivity contribution in [3.8, 4) is 16.9 Å². The van der Waals surface area contributed by atoms with Gasteiger partial charge in [-0.3, -0.25) is 9.59 Å². The number of nitrogens with zero attached hydrogens (tertiary/aromatic N) is 3. The first kappa shape index (κ1) is 26.1. The van der Waals surface area contributed by atoms with E-state index >= 15 is 0 Å². The van der Waals surface area contributed by atoms with Crippen LogP contribution in [-0.4, -0.2) is 63.4 Å². The molecule has 2 aromatic carbocycles. The summed E-state index contributed by atoms with van der Waals surface area (Å²) in [5.41, 5.74) is 4.70. The number of hydrogen-bond donors (Lipinski definition) is 4. The molecule has 194 valence electrons. The fraction of sp³-hybridized carbons (Fsp3) is 0.357. The molecule has 0 atom stereocenters. The number of aryl methyl sites for hydroxylation is 1. The SMILES string of the molecule is Cc1nc(CC2CCN(c3ccc(-c4ccc(CCO)cc4)cc3)CC2)nc(C(=O)NCC(=O)O)c1O. The summed E-state index contributed by atoms with van der Waals surface area (Å²) in [6.45, 7) is 2.99. The van der Waals surface area contributed by atoms with E-state index in [0.29, 0.717) is 30.3 Å². The molecule has 9 nitrogen and oxygen atoms in total. The maximum absolute atomic E-state index is 12.3. The molecule has 37 heavy (non-hydrogen) atoms. The minimum atomic E-state index is -1.17. The van der Waals surface area contributed by atoms with Gasteiger partial charge in [-0.05, 0) is 60.9 Å². The first-order valence-electron chi connectivity index (χ1n) is 12.5. The first-order valence-corrected chi connectivity index (χ1v) is 12.5. The molecule has 1 aromatic heterocycles. The van der Waals surface area contributed by atoms with Crippen molar-refractivity contribution in [1.82, 2.24) is 15.3 Å². The Morgan fingerprint density at radius 1 is 1.00 bits per heavy atom. The largest absolute Gasteiger partial charge is 0.504 e. The molecule has 0 saturated carbocycles. The number of benzene rings is 2. The lowest BCUT2D eigenvalue weighted by Gasteiger charge is -2.33. The van der Waals surface area contributed by atoms with E-state index in [1.54, 1.807) is 6.92 Å². The van der Waals surface area contributed by atoms with Gasteiger partial charge in [0.2, 0.25) is 0 Å². The third-order valence-corrected chi connectivity index (χ3v) is 6.73. The van der Waals surface area contributed by atoms with Gasteiger partial charge in [0.15, 0.2) is 11.4 Å². The first-order chi connectivity index (χ1) is 17.8. The zero-order chi connectivity index (χ0) is 26.4. The van der Waals surface area contributed by atoms with Crippen LogP contribution >= 0.6 is 0 Å². The summed E-state index contributed by atoms with van der Waals surface area (Å²) in [4.78, 5) is 34.0. The van der Waals surface area contributed by atoms with E-state index in [2.05, 4.69) is 68.7 Å². The van der Waals surface area contributed by atoms with E-state index in [1.165, 1.54) is 5.69 Å². The monoisotopic (exact) mass is 504 g/mol. The van der Waals surface area contributed by atoms with Crippen molar-refractivity contribution in [3.05, 3.63) is 71.3 Å². The topological polar surface area (TPSA) is 136 Å². The number of nitrogens with one attached hydrogen (secondary N) is 1. The molecule has 0 radical (unpaired) electrons. The fourth-order valence-corrected chi connectivity index (χ4v) is 4.63. The standard InChI is InChI=1S/C28H32N4O5/c1-18-27(36)26(28(37)29-17-25(34)35)31-24(30-18)16-20-10-13-32(14-11-20)23-8-6-22(7-9-23)21-4-2-19(3-5-21)12-15-33/h2-9,20,33,36H,10-17H2,1H3,(H,29,37)(H,34,35). The van der Waals surface area contributed by atoms with Crippen molar-refractivity contribution < 1.29 is 24.9 Å². The van der Waals surface area contributed by atoms with Crippen LogP contribution in [0.15, 0.2) is 48.5 Å². The summed E-state index contributed by atoms with van der Waals surface area (Å²) in [6, 6.07) is 16.8. The van der Waals surface area contributed by atoms with E-state index in [1.807, 2.05) is 0 Å². The molecule has 4 rings (SSSR count). The van der Waals surface area contributed by atoms with Crippen LogP contribution in [0.5, 0.6) is 5.75 Å². The van der Waals surface area contributed by atoms with E-state index < -0.39 is 18.4 Å². The highest BCUT2D eigenvalue weighted by Gasteiger charge is 2.23. The number of rotatable bonds is 9. The molecule has 0 bridgehead atoms. The van der Waals surface area contributed by atoms with Crippen LogP contribution in [0.1, 0.15) is 40.4 Å². The third kappa shape index (κ3) is 6.62. The molecular weight excluding hydrogens is 472 g/mol. The van der Waals surface area contributed by atoms with Gasteiger partial charge in [-0.15, -0.1) is 0 Å². The van der Waals surface area contributed by atoms with Crippen molar-refractivity contribution >= 4 is 17.6 Å². The summed E-state index contributed by atoms with van der Waals surface area (Å²) in [6.07, 6.45) is 3.13. The summed E-state index contributed by atoms with van der Waals surface area (Å²) in [7, 11) is 0. The van der Waals surface area contributed by atoms with Gasteiger partial charge in [-0.1, -0.05) is 36.4 Å². The zero-order valence-corrected chi connectivity index (χ0v) is 20.9. The van der Waals surface area contributed by atoms with E-state index in [0.717, 1.165) is 42.6 Å². The second-order valence-electron chi connectivity index (χ2n) is 9.35. The number of piperidine rings is 1. The van der Waals surface area contributed by atoms with Crippen molar-refractivity contribution in [2.75, 3.05) is 31.1 Å². The maximum atomic E-state index is 12.3. The van der Waals surface area contributed by atoms with Gasteiger partial charge in [0, 0.05) is 31.8 Å². The smallest absolute Gasteiger partial charge is 0.322 e. The minimum absolute atomic E-state index is 0.152. The lowest BCUT2D eigenvalue weighted by Crippen LogP contribution is -2.34. The Bertz CT molecular complexity index is 1240. The normalized spacial score (nSPS) is 13.9. The second-order valence-corrected chi connectivity index (χ2v) is 9.35. The number of carbonyl (C=O) groups is 2. The lowest BCUT2D eigenvalue weighted by molar-refractivity contribution is -0.135. The third-order valence-electron chi connectivity index (χ3n) is 6.73. The van der Waals surface area contributed by atoms with Gasteiger partial charge in [0.1, 0.15) is 12.4 Å². The van der Waals surface area contributed by atoms with Gasteiger partial charge in [-0.2, -0.15) is 0 Å². The predicted molar refractivity (Wildman–Crippen MR) is 140 cm³/mol. The van der Waals surface area contributed by atoms with Crippen LogP contribution in [-0.2, 0) is 17.6 Å². The van der Waals surface area contributed by atoms with Gasteiger partial charge in [0.05, 0.1) is 5.69 Å². The molecule has 2 heterocycles. The minimum Gasteiger partial charge on any atom is -0.504 e. The number of aliphatic hydroxyl groups is 1. The van der Waals surface area contributed by atoms with Crippen LogP contribution in [0.3, 0.4) is 0 Å².